The summed E-state index contributed by atoms with van der Waals surface area (Å²) >= 11 is 0. The van der Waals surface area contributed by atoms with Crippen molar-refractivity contribution in [1.29, 1.82) is 0 Å². The number of phenols is 1. The minimum Gasteiger partial charge on any atom is -0.504 e. The predicted octanol–water partition coefficient (Wildman–Crippen LogP) is 3.32. The summed E-state index contributed by atoms with van der Waals surface area (Å²) < 4.78 is 5.15. The van der Waals surface area contributed by atoms with Crippen LogP contribution in [0.4, 0.5) is 0 Å². The molecule has 2 bridgehead atoms. The van der Waals surface area contributed by atoms with Crippen molar-refractivity contribution in [2.75, 3.05) is 7.11 Å². The Morgan fingerprint density at radius 1 is 1.35 bits per heavy atom. The monoisotopic (exact) mass is 275 g/mol. The number of aromatic hydroxyl groups is 1. The van der Waals surface area contributed by atoms with Crippen LogP contribution in [0, 0.1) is 17.8 Å². The van der Waals surface area contributed by atoms with Crippen LogP contribution in [0.5, 0.6) is 11.5 Å². The van der Waals surface area contributed by atoms with E-state index in [-0.39, 0.29) is 5.75 Å². The van der Waals surface area contributed by atoms with Crippen LogP contribution < -0.4 is 10.1 Å². The summed E-state index contributed by atoms with van der Waals surface area (Å²) in [5, 5.41) is 13.3. The molecule has 20 heavy (non-hydrogen) atoms. The molecule has 4 unspecified atom stereocenters. The van der Waals surface area contributed by atoms with E-state index in [1.165, 1.54) is 25.7 Å². The normalized spacial score (nSPS) is 29.6. The van der Waals surface area contributed by atoms with Crippen LogP contribution in [-0.4, -0.2) is 18.3 Å². The molecule has 0 heterocycles. The molecule has 3 nitrogen and oxygen atoms in total. The SMILES string of the molecule is COc1cc(CNC(C)C2CC3CCC2C3)ccc1O. The molecule has 2 fully saturated rings. The largest absolute Gasteiger partial charge is 0.504 e. The number of methoxy groups -OCH3 is 1. The average molecular weight is 275 g/mol. The van der Waals surface area contributed by atoms with Gasteiger partial charge in [-0.25, -0.2) is 0 Å². The fourth-order valence-electron chi connectivity index (χ4n) is 4.17. The Balaban J connectivity index is 1.56. The summed E-state index contributed by atoms with van der Waals surface area (Å²) in [5.74, 6) is 3.57. The van der Waals surface area contributed by atoms with E-state index in [2.05, 4.69) is 12.2 Å². The Morgan fingerprint density at radius 3 is 2.85 bits per heavy atom. The third kappa shape index (κ3) is 2.64. The number of phenolic OH excluding ortho intramolecular Hbond substituents is 1. The van der Waals surface area contributed by atoms with Gasteiger partial charge in [0.05, 0.1) is 7.11 Å². The first-order valence-corrected chi connectivity index (χ1v) is 7.76. The third-order valence-corrected chi connectivity index (χ3v) is 5.31. The van der Waals surface area contributed by atoms with E-state index in [1.807, 2.05) is 12.1 Å². The standard InChI is InChI=1S/C17H25NO2/c1-11(15-8-12-3-5-14(15)7-12)18-10-13-4-6-16(19)17(9-13)20-2/h4,6,9,11-12,14-15,18-19H,3,5,7-8,10H2,1-2H3. The maximum Gasteiger partial charge on any atom is 0.160 e. The molecular weight excluding hydrogens is 250 g/mol. The minimum absolute atomic E-state index is 0.206. The minimum atomic E-state index is 0.206. The number of fused-ring (bicyclic) bond motifs is 2. The van der Waals surface area contributed by atoms with Gasteiger partial charge in [0.25, 0.3) is 0 Å². The van der Waals surface area contributed by atoms with Crippen molar-refractivity contribution in [2.24, 2.45) is 17.8 Å². The van der Waals surface area contributed by atoms with Gasteiger partial charge < -0.3 is 15.2 Å². The molecule has 3 rings (SSSR count). The van der Waals surface area contributed by atoms with E-state index in [0.717, 1.165) is 29.9 Å². The Bertz CT molecular complexity index is 474. The fraction of sp³-hybridized carbons (Fsp3) is 0.647. The van der Waals surface area contributed by atoms with Crippen molar-refractivity contribution in [2.45, 2.75) is 45.2 Å². The number of hydrogen-bond acceptors (Lipinski definition) is 3. The smallest absolute Gasteiger partial charge is 0.160 e. The van der Waals surface area contributed by atoms with Crippen LogP contribution in [-0.2, 0) is 6.54 Å². The molecule has 0 aliphatic heterocycles. The van der Waals surface area contributed by atoms with Crippen LogP contribution in [0.1, 0.15) is 38.2 Å². The zero-order valence-corrected chi connectivity index (χ0v) is 12.4. The lowest BCUT2D eigenvalue weighted by Gasteiger charge is -2.28. The van der Waals surface area contributed by atoms with E-state index < -0.39 is 0 Å². The average Bonchev–Trinajstić information content (AvgIpc) is 3.08. The molecule has 2 N–H and O–H groups in total. The van der Waals surface area contributed by atoms with E-state index in [9.17, 15) is 5.11 Å². The topological polar surface area (TPSA) is 41.5 Å². The van der Waals surface area contributed by atoms with Crippen LogP contribution in [0.3, 0.4) is 0 Å². The first kappa shape index (κ1) is 13.7. The Hall–Kier alpha value is -1.22. The van der Waals surface area contributed by atoms with Gasteiger partial charge in [0.1, 0.15) is 0 Å². The Labute approximate surface area is 121 Å². The molecule has 0 saturated heterocycles. The molecule has 1 aromatic carbocycles. The molecule has 1 aromatic rings. The summed E-state index contributed by atoms with van der Waals surface area (Å²) in [6.45, 7) is 3.16. The lowest BCUT2D eigenvalue weighted by molar-refractivity contribution is 0.259. The van der Waals surface area contributed by atoms with Crippen LogP contribution in [0.25, 0.3) is 0 Å². The van der Waals surface area contributed by atoms with Gasteiger partial charge in [-0.1, -0.05) is 12.5 Å². The number of ether oxygens (including phenoxy) is 1. The molecule has 0 spiro atoms. The van der Waals surface area contributed by atoms with Gasteiger partial charge in [0, 0.05) is 12.6 Å². The molecule has 4 atom stereocenters. The molecule has 2 aliphatic rings. The molecule has 0 aromatic heterocycles. The zero-order valence-electron chi connectivity index (χ0n) is 12.4. The van der Waals surface area contributed by atoms with E-state index >= 15 is 0 Å². The summed E-state index contributed by atoms with van der Waals surface area (Å²) in [5.41, 5.74) is 1.16. The highest BCUT2D eigenvalue weighted by atomic mass is 16.5. The van der Waals surface area contributed by atoms with Gasteiger partial charge in [-0.3, -0.25) is 0 Å². The van der Waals surface area contributed by atoms with Crippen molar-refractivity contribution < 1.29 is 9.84 Å². The van der Waals surface area contributed by atoms with Crippen LogP contribution in [0.15, 0.2) is 18.2 Å². The molecule has 0 radical (unpaired) electrons. The maximum atomic E-state index is 9.61. The lowest BCUT2D eigenvalue weighted by Crippen LogP contribution is -2.35. The Morgan fingerprint density at radius 2 is 2.20 bits per heavy atom. The van der Waals surface area contributed by atoms with E-state index in [0.29, 0.717) is 11.8 Å². The second kappa shape index (κ2) is 5.65. The summed E-state index contributed by atoms with van der Waals surface area (Å²) in [6, 6.07) is 6.15. The van der Waals surface area contributed by atoms with Gasteiger partial charge >= 0.3 is 0 Å². The van der Waals surface area contributed by atoms with E-state index in [1.54, 1.807) is 13.2 Å². The van der Waals surface area contributed by atoms with Crippen molar-refractivity contribution >= 4 is 0 Å². The van der Waals surface area contributed by atoms with Gasteiger partial charge in [0.2, 0.25) is 0 Å². The number of benzene rings is 1. The van der Waals surface area contributed by atoms with Gasteiger partial charge in [-0.05, 0) is 61.6 Å². The molecule has 2 aliphatic carbocycles. The summed E-state index contributed by atoms with van der Waals surface area (Å²) in [7, 11) is 1.59. The van der Waals surface area contributed by atoms with Crippen molar-refractivity contribution in [3.63, 3.8) is 0 Å². The van der Waals surface area contributed by atoms with Gasteiger partial charge in [-0.15, -0.1) is 0 Å². The first-order chi connectivity index (χ1) is 9.67. The number of rotatable bonds is 5. The summed E-state index contributed by atoms with van der Waals surface area (Å²) in [6.07, 6.45) is 5.78. The second-order valence-corrected chi connectivity index (χ2v) is 6.51. The van der Waals surface area contributed by atoms with Gasteiger partial charge in [-0.2, -0.15) is 0 Å². The molecule has 0 amide bonds. The highest BCUT2D eigenvalue weighted by Crippen LogP contribution is 2.49. The fourth-order valence-corrected chi connectivity index (χ4v) is 4.17. The van der Waals surface area contributed by atoms with E-state index in [4.69, 9.17) is 4.74 Å². The lowest BCUT2D eigenvalue weighted by atomic mass is 9.84. The third-order valence-electron chi connectivity index (χ3n) is 5.31. The Kier molecular flexibility index (Phi) is 3.88. The predicted molar refractivity (Wildman–Crippen MR) is 79.9 cm³/mol. The molecular formula is C17H25NO2. The highest BCUT2D eigenvalue weighted by Gasteiger charge is 2.41. The zero-order chi connectivity index (χ0) is 14.1. The molecule has 110 valence electrons. The van der Waals surface area contributed by atoms with Crippen molar-refractivity contribution in [1.82, 2.24) is 5.32 Å². The molecule has 3 heteroatoms. The maximum absolute atomic E-state index is 9.61. The van der Waals surface area contributed by atoms with Crippen LogP contribution in [0.2, 0.25) is 0 Å². The quantitative estimate of drug-likeness (QED) is 0.866. The van der Waals surface area contributed by atoms with Crippen molar-refractivity contribution in [3.8, 4) is 11.5 Å². The second-order valence-electron chi connectivity index (χ2n) is 6.51. The number of hydrogen-bond donors (Lipinski definition) is 2. The highest BCUT2D eigenvalue weighted by molar-refractivity contribution is 5.41. The summed E-state index contributed by atoms with van der Waals surface area (Å²) in [4.78, 5) is 0. The molecule has 2 saturated carbocycles. The van der Waals surface area contributed by atoms with Gasteiger partial charge in [0.15, 0.2) is 11.5 Å². The number of nitrogens with one attached hydrogen (secondary N) is 1. The van der Waals surface area contributed by atoms with Crippen LogP contribution >= 0.6 is 0 Å². The first-order valence-electron chi connectivity index (χ1n) is 7.76. The van der Waals surface area contributed by atoms with Crippen molar-refractivity contribution in [3.05, 3.63) is 23.8 Å².